The Hall–Kier alpha value is -0.970. The zero-order chi connectivity index (χ0) is 12.1. The summed E-state index contributed by atoms with van der Waals surface area (Å²) in [6.07, 6.45) is 6.57. The summed E-state index contributed by atoms with van der Waals surface area (Å²) in [5.74, 6) is 6.51. The first-order valence-electron chi connectivity index (χ1n) is 6.29. The van der Waals surface area contributed by atoms with E-state index in [1.807, 2.05) is 6.07 Å². The van der Waals surface area contributed by atoms with Gasteiger partial charge in [-0.15, -0.1) is 0 Å². The van der Waals surface area contributed by atoms with Gasteiger partial charge in [0.2, 0.25) is 0 Å². The van der Waals surface area contributed by atoms with E-state index >= 15 is 0 Å². The van der Waals surface area contributed by atoms with Gasteiger partial charge in [-0.2, -0.15) is 0 Å². The van der Waals surface area contributed by atoms with Crippen molar-refractivity contribution in [2.24, 2.45) is 5.73 Å². The van der Waals surface area contributed by atoms with Crippen LogP contribution in [-0.2, 0) is 0 Å². The molecule has 0 bridgehead atoms. The van der Waals surface area contributed by atoms with Crippen LogP contribution in [0.4, 0.5) is 0 Å². The molecule has 0 atom stereocenters. The Morgan fingerprint density at radius 1 is 1.24 bits per heavy atom. The van der Waals surface area contributed by atoms with E-state index in [2.05, 4.69) is 24.0 Å². The van der Waals surface area contributed by atoms with Crippen molar-refractivity contribution >= 4 is 11.6 Å². The van der Waals surface area contributed by atoms with Crippen molar-refractivity contribution < 1.29 is 0 Å². The predicted molar refractivity (Wildman–Crippen MR) is 73.2 cm³/mol. The Bertz CT molecular complexity index is 436. The first-order valence-corrected chi connectivity index (χ1v) is 6.67. The maximum Gasteiger partial charge on any atom is 0.0555 e. The second kappa shape index (κ2) is 6.10. The van der Waals surface area contributed by atoms with Gasteiger partial charge in [-0.1, -0.05) is 48.8 Å². The molecule has 90 valence electrons. The predicted octanol–water partition coefficient (Wildman–Crippen LogP) is 3.70. The Labute approximate surface area is 108 Å². The summed E-state index contributed by atoms with van der Waals surface area (Å²) < 4.78 is 0. The van der Waals surface area contributed by atoms with Gasteiger partial charge in [0.15, 0.2) is 0 Å². The van der Waals surface area contributed by atoms with E-state index in [0.29, 0.717) is 12.5 Å². The fraction of sp³-hybridized carbons (Fsp3) is 0.467. The van der Waals surface area contributed by atoms with Crippen LogP contribution in [0.25, 0.3) is 0 Å². The minimum Gasteiger partial charge on any atom is -0.320 e. The molecule has 0 unspecified atom stereocenters. The molecular formula is C15H18ClN. The van der Waals surface area contributed by atoms with Gasteiger partial charge in [0, 0.05) is 10.6 Å². The Kier molecular flexibility index (Phi) is 4.48. The van der Waals surface area contributed by atoms with Crippen LogP contribution in [0.5, 0.6) is 0 Å². The van der Waals surface area contributed by atoms with E-state index in [4.69, 9.17) is 17.3 Å². The number of hydrogen-bond acceptors (Lipinski definition) is 1. The first-order chi connectivity index (χ1) is 8.31. The van der Waals surface area contributed by atoms with E-state index in [0.717, 1.165) is 10.6 Å². The maximum absolute atomic E-state index is 6.34. The molecule has 1 aromatic carbocycles. The fourth-order valence-corrected chi connectivity index (χ4v) is 2.84. The molecule has 17 heavy (non-hydrogen) atoms. The average molecular weight is 248 g/mol. The summed E-state index contributed by atoms with van der Waals surface area (Å²) >= 11 is 6.34. The third-order valence-electron chi connectivity index (χ3n) is 3.38. The van der Waals surface area contributed by atoms with Crippen molar-refractivity contribution in [1.82, 2.24) is 0 Å². The highest BCUT2D eigenvalue weighted by molar-refractivity contribution is 6.31. The third-order valence-corrected chi connectivity index (χ3v) is 3.71. The Balaban J connectivity index is 2.18. The van der Waals surface area contributed by atoms with Crippen molar-refractivity contribution in [3.05, 3.63) is 34.3 Å². The van der Waals surface area contributed by atoms with E-state index in [1.54, 1.807) is 0 Å². The van der Waals surface area contributed by atoms with Gasteiger partial charge in [0.1, 0.15) is 0 Å². The van der Waals surface area contributed by atoms with Crippen LogP contribution in [0, 0.1) is 11.8 Å². The molecule has 0 radical (unpaired) electrons. The molecule has 0 saturated heterocycles. The average Bonchev–Trinajstić information content (AvgIpc) is 2.37. The molecule has 1 fully saturated rings. The zero-order valence-electron chi connectivity index (χ0n) is 10.0. The van der Waals surface area contributed by atoms with Crippen molar-refractivity contribution in [1.29, 1.82) is 0 Å². The molecule has 1 nitrogen and oxygen atoms in total. The largest absolute Gasteiger partial charge is 0.320 e. The second-order valence-corrected chi connectivity index (χ2v) is 4.98. The zero-order valence-corrected chi connectivity index (χ0v) is 10.8. The summed E-state index contributed by atoms with van der Waals surface area (Å²) in [4.78, 5) is 0. The first kappa shape index (κ1) is 12.5. The van der Waals surface area contributed by atoms with Gasteiger partial charge >= 0.3 is 0 Å². The Morgan fingerprint density at radius 2 is 2.00 bits per heavy atom. The molecule has 0 spiro atoms. The standard InChI is InChI=1S/C15H18ClN/c16-15-11-12(5-4-10-17)8-9-14(15)13-6-2-1-3-7-13/h8-9,11,13H,1-3,6-7,10,17H2. The molecule has 1 saturated carbocycles. The molecule has 1 aliphatic rings. The lowest BCUT2D eigenvalue weighted by Crippen LogP contribution is -2.05. The van der Waals surface area contributed by atoms with Crippen molar-refractivity contribution in [2.75, 3.05) is 6.54 Å². The topological polar surface area (TPSA) is 26.0 Å². The van der Waals surface area contributed by atoms with E-state index < -0.39 is 0 Å². The van der Waals surface area contributed by atoms with Crippen LogP contribution in [0.15, 0.2) is 18.2 Å². The SMILES string of the molecule is NCC#Cc1ccc(C2CCCCC2)c(Cl)c1. The number of hydrogen-bond donors (Lipinski definition) is 1. The molecule has 2 heteroatoms. The van der Waals surface area contributed by atoms with Gasteiger partial charge in [-0.05, 0) is 36.5 Å². The summed E-state index contributed by atoms with van der Waals surface area (Å²) in [5.41, 5.74) is 7.61. The van der Waals surface area contributed by atoms with Crippen LogP contribution in [0.1, 0.15) is 49.1 Å². The van der Waals surface area contributed by atoms with E-state index in [-0.39, 0.29) is 0 Å². The monoisotopic (exact) mass is 247 g/mol. The molecule has 0 heterocycles. The van der Waals surface area contributed by atoms with Gasteiger partial charge in [0.05, 0.1) is 6.54 Å². The summed E-state index contributed by atoms with van der Waals surface area (Å²) in [7, 11) is 0. The van der Waals surface area contributed by atoms with Gasteiger partial charge in [-0.25, -0.2) is 0 Å². The smallest absolute Gasteiger partial charge is 0.0555 e. The van der Waals surface area contributed by atoms with Crippen LogP contribution >= 0.6 is 11.6 Å². The summed E-state index contributed by atoms with van der Waals surface area (Å²) in [6, 6.07) is 6.16. The second-order valence-electron chi connectivity index (χ2n) is 4.58. The lowest BCUT2D eigenvalue weighted by Gasteiger charge is -2.22. The highest BCUT2D eigenvalue weighted by atomic mass is 35.5. The number of benzene rings is 1. The minimum atomic E-state index is 0.391. The van der Waals surface area contributed by atoms with E-state index in [9.17, 15) is 0 Å². The lowest BCUT2D eigenvalue weighted by atomic mass is 9.84. The number of nitrogens with two attached hydrogens (primary N) is 1. The molecule has 1 aromatic rings. The molecule has 0 amide bonds. The Morgan fingerprint density at radius 3 is 2.65 bits per heavy atom. The number of rotatable bonds is 1. The maximum atomic E-state index is 6.34. The summed E-state index contributed by atoms with van der Waals surface area (Å²) in [5, 5.41) is 0.862. The van der Waals surface area contributed by atoms with Crippen LogP contribution in [-0.4, -0.2) is 6.54 Å². The van der Waals surface area contributed by atoms with Crippen molar-refractivity contribution in [2.45, 2.75) is 38.0 Å². The van der Waals surface area contributed by atoms with Gasteiger partial charge in [-0.3, -0.25) is 0 Å². The fourth-order valence-electron chi connectivity index (χ4n) is 2.50. The lowest BCUT2D eigenvalue weighted by molar-refractivity contribution is 0.444. The van der Waals surface area contributed by atoms with Crippen LogP contribution < -0.4 is 5.73 Å². The summed E-state index contributed by atoms with van der Waals surface area (Å²) in [6.45, 7) is 0.391. The quantitative estimate of drug-likeness (QED) is 0.753. The molecule has 2 rings (SSSR count). The molecule has 0 aliphatic heterocycles. The molecule has 2 N–H and O–H groups in total. The molecular weight excluding hydrogens is 230 g/mol. The molecule has 0 aromatic heterocycles. The normalized spacial score (nSPS) is 16.4. The van der Waals surface area contributed by atoms with Crippen LogP contribution in [0.3, 0.4) is 0 Å². The van der Waals surface area contributed by atoms with Crippen molar-refractivity contribution in [3.63, 3.8) is 0 Å². The van der Waals surface area contributed by atoms with E-state index in [1.165, 1.54) is 37.7 Å². The van der Waals surface area contributed by atoms with Gasteiger partial charge in [0.25, 0.3) is 0 Å². The molecule has 1 aliphatic carbocycles. The van der Waals surface area contributed by atoms with Crippen LogP contribution in [0.2, 0.25) is 5.02 Å². The highest BCUT2D eigenvalue weighted by Crippen LogP contribution is 2.36. The highest BCUT2D eigenvalue weighted by Gasteiger charge is 2.17. The van der Waals surface area contributed by atoms with Gasteiger partial charge < -0.3 is 5.73 Å². The third kappa shape index (κ3) is 3.25. The minimum absolute atomic E-state index is 0.391. The van der Waals surface area contributed by atoms with Crippen molar-refractivity contribution in [3.8, 4) is 11.8 Å². The number of halogens is 1.